The minimum Gasteiger partial charge on any atom is -0.349 e. The third-order valence-corrected chi connectivity index (χ3v) is 5.98. The lowest BCUT2D eigenvalue weighted by molar-refractivity contribution is -0.130. The van der Waals surface area contributed by atoms with Crippen molar-refractivity contribution in [3.05, 3.63) is 34.7 Å². The maximum Gasteiger partial charge on any atom is 0.261 e. The number of nitrogens with one attached hydrogen (secondary N) is 1. The fourth-order valence-corrected chi connectivity index (χ4v) is 4.86. The zero-order valence-electron chi connectivity index (χ0n) is 16.0. The molecule has 3 rings (SSSR count). The lowest BCUT2D eigenvalue weighted by atomic mass is 9.95. The number of hydrogen-bond acceptors (Lipinski definition) is 3. The van der Waals surface area contributed by atoms with Crippen molar-refractivity contribution in [2.75, 3.05) is 13.1 Å². The van der Waals surface area contributed by atoms with E-state index in [0.29, 0.717) is 18.9 Å². The maximum absolute atomic E-state index is 12.8. The van der Waals surface area contributed by atoms with Crippen LogP contribution in [-0.2, 0) is 4.79 Å². The molecule has 1 unspecified atom stereocenters. The quantitative estimate of drug-likeness (QED) is 0.845. The highest BCUT2D eigenvalue weighted by molar-refractivity contribution is 7.21. The average molecular weight is 373 g/mol. The number of benzene rings is 1. The van der Waals surface area contributed by atoms with Gasteiger partial charge >= 0.3 is 0 Å². The standard InChI is InChI=1S/C21H28N2O2S/c1-13(2)11-18(24)23-10-9-15(12-23)19-16-7-5-6-8-17(16)26-20(19)21(25)22-14(3)4/h5-8,13-15H,9-12H2,1-4H3,(H,22,25). The first-order valence-electron chi connectivity index (χ1n) is 9.46. The molecular formula is C21H28N2O2S. The largest absolute Gasteiger partial charge is 0.349 e. The number of nitrogens with zero attached hydrogens (tertiary/aromatic N) is 1. The van der Waals surface area contributed by atoms with E-state index in [2.05, 4.69) is 31.3 Å². The smallest absolute Gasteiger partial charge is 0.261 e. The topological polar surface area (TPSA) is 49.4 Å². The SMILES string of the molecule is CC(C)CC(=O)N1CCC(c2c(C(=O)NC(C)C)sc3ccccc23)C1. The summed E-state index contributed by atoms with van der Waals surface area (Å²) in [5.41, 5.74) is 1.13. The molecule has 0 saturated carbocycles. The molecule has 1 saturated heterocycles. The number of fused-ring (bicyclic) bond motifs is 1. The Bertz CT molecular complexity index is 809. The number of amides is 2. The molecule has 1 aromatic heterocycles. The van der Waals surface area contributed by atoms with Crippen LogP contribution in [0.5, 0.6) is 0 Å². The summed E-state index contributed by atoms with van der Waals surface area (Å²) in [7, 11) is 0. The second-order valence-electron chi connectivity index (χ2n) is 7.89. The average Bonchev–Trinajstić information content (AvgIpc) is 3.17. The van der Waals surface area contributed by atoms with Crippen molar-refractivity contribution in [1.82, 2.24) is 10.2 Å². The first kappa shape index (κ1) is 18.9. The lowest BCUT2D eigenvalue weighted by Crippen LogP contribution is -2.31. The van der Waals surface area contributed by atoms with E-state index in [-0.39, 0.29) is 23.8 Å². The monoisotopic (exact) mass is 372 g/mol. The Hall–Kier alpha value is -1.88. The second kappa shape index (κ2) is 7.78. The first-order valence-corrected chi connectivity index (χ1v) is 10.3. The van der Waals surface area contributed by atoms with E-state index < -0.39 is 0 Å². The summed E-state index contributed by atoms with van der Waals surface area (Å²) in [4.78, 5) is 28.0. The highest BCUT2D eigenvalue weighted by atomic mass is 32.1. The summed E-state index contributed by atoms with van der Waals surface area (Å²) < 4.78 is 1.14. The molecule has 0 radical (unpaired) electrons. The number of hydrogen-bond donors (Lipinski definition) is 1. The fourth-order valence-electron chi connectivity index (χ4n) is 3.67. The van der Waals surface area contributed by atoms with Crippen LogP contribution in [0.15, 0.2) is 24.3 Å². The number of carbonyl (C=O) groups excluding carboxylic acids is 2. The Morgan fingerprint density at radius 3 is 2.65 bits per heavy atom. The van der Waals surface area contributed by atoms with Crippen LogP contribution in [0.4, 0.5) is 0 Å². The highest BCUT2D eigenvalue weighted by Gasteiger charge is 2.32. The molecule has 2 amide bonds. The Balaban J connectivity index is 1.91. The van der Waals surface area contributed by atoms with Crippen molar-refractivity contribution in [3.63, 3.8) is 0 Å². The van der Waals surface area contributed by atoms with Crippen LogP contribution in [0.2, 0.25) is 0 Å². The summed E-state index contributed by atoms with van der Waals surface area (Å²) >= 11 is 1.57. The van der Waals surface area contributed by atoms with Crippen LogP contribution in [0.1, 0.15) is 61.7 Å². The van der Waals surface area contributed by atoms with Gasteiger partial charge in [-0.25, -0.2) is 0 Å². The molecule has 0 spiro atoms. The molecule has 0 aliphatic carbocycles. The van der Waals surface area contributed by atoms with Gasteiger partial charge in [-0.1, -0.05) is 32.0 Å². The van der Waals surface area contributed by atoms with Crippen molar-refractivity contribution in [3.8, 4) is 0 Å². The zero-order chi connectivity index (χ0) is 18.8. The minimum atomic E-state index is 0.00292. The Morgan fingerprint density at radius 2 is 1.96 bits per heavy atom. The summed E-state index contributed by atoms with van der Waals surface area (Å²) in [5.74, 6) is 0.837. The minimum absolute atomic E-state index is 0.00292. The molecule has 2 heterocycles. The van der Waals surface area contributed by atoms with Crippen LogP contribution in [-0.4, -0.2) is 35.8 Å². The van der Waals surface area contributed by atoms with Gasteiger partial charge in [0.2, 0.25) is 5.91 Å². The van der Waals surface area contributed by atoms with Gasteiger partial charge in [0.05, 0.1) is 4.88 Å². The van der Waals surface area contributed by atoms with Crippen molar-refractivity contribution in [2.24, 2.45) is 5.92 Å². The van der Waals surface area contributed by atoms with Gasteiger partial charge in [-0.05, 0) is 43.2 Å². The lowest BCUT2D eigenvalue weighted by Gasteiger charge is -2.18. The van der Waals surface area contributed by atoms with E-state index in [4.69, 9.17) is 0 Å². The number of rotatable bonds is 5. The normalized spacial score (nSPS) is 17.5. The number of likely N-dealkylation sites (tertiary alicyclic amines) is 1. The van der Waals surface area contributed by atoms with E-state index >= 15 is 0 Å². The molecule has 0 bridgehead atoms. The predicted octanol–water partition coefficient (Wildman–Crippen LogP) is 4.40. The van der Waals surface area contributed by atoms with E-state index in [1.165, 1.54) is 0 Å². The van der Waals surface area contributed by atoms with Crippen molar-refractivity contribution < 1.29 is 9.59 Å². The molecule has 1 atom stereocenters. The molecule has 1 fully saturated rings. The molecular weight excluding hydrogens is 344 g/mol. The molecule has 4 nitrogen and oxygen atoms in total. The van der Waals surface area contributed by atoms with E-state index in [1.54, 1.807) is 11.3 Å². The summed E-state index contributed by atoms with van der Waals surface area (Å²) in [6.07, 6.45) is 1.52. The summed E-state index contributed by atoms with van der Waals surface area (Å²) in [5, 5.41) is 4.20. The number of carbonyl (C=O) groups is 2. The van der Waals surface area contributed by atoms with Gasteiger partial charge in [0.15, 0.2) is 0 Å². The predicted molar refractivity (Wildman–Crippen MR) is 108 cm³/mol. The van der Waals surface area contributed by atoms with Crippen LogP contribution >= 0.6 is 11.3 Å². The van der Waals surface area contributed by atoms with Crippen LogP contribution < -0.4 is 5.32 Å². The molecule has 1 aliphatic rings. The fraction of sp³-hybridized carbons (Fsp3) is 0.524. The maximum atomic E-state index is 12.8. The van der Waals surface area contributed by atoms with E-state index in [0.717, 1.165) is 33.5 Å². The van der Waals surface area contributed by atoms with Crippen molar-refractivity contribution >= 4 is 33.2 Å². The van der Waals surface area contributed by atoms with Gasteiger partial charge in [0.25, 0.3) is 5.91 Å². The molecule has 26 heavy (non-hydrogen) atoms. The van der Waals surface area contributed by atoms with Gasteiger partial charge in [0, 0.05) is 36.2 Å². The Labute approximate surface area is 159 Å². The van der Waals surface area contributed by atoms with Gasteiger partial charge in [-0.3, -0.25) is 9.59 Å². The summed E-state index contributed by atoms with van der Waals surface area (Å²) in [6.45, 7) is 9.61. The Morgan fingerprint density at radius 1 is 1.23 bits per heavy atom. The zero-order valence-corrected chi connectivity index (χ0v) is 16.9. The van der Waals surface area contributed by atoms with Gasteiger partial charge in [-0.15, -0.1) is 11.3 Å². The number of thiophene rings is 1. The summed E-state index contributed by atoms with van der Waals surface area (Å²) in [6, 6.07) is 8.32. The molecule has 140 valence electrons. The molecule has 2 aromatic rings. The molecule has 1 N–H and O–H groups in total. The third-order valence-electron chi connectivity index (χ3n) is 4.79. The first-order chi connectivity index (χ1) is 12.4. The molecule has 1 aliphatic heterocycles. The van der Waals surface area contributed by atoms with Gasteiger partial charge < -0.3 is 10.2 Å². The van der Waals surface area contributed by atoms with E-state index in [1.807, 2.05) is 30.9 Å². The molecule has 5 heteroatoms. The van der Waals surface area contributed by atoms with E-state index in [9.17, 15) is 9.59 Å². The van der Waals surface area contributed by atoms with Crippen LogP contribution in [0.3, 0.4) is 0 Å². The van der Waals surface area contributed by atoms with Gasteiger partial charge in [0.1, 0.15) is 0 Å². The van der Waals surface area contributed by atoms with Crippen LogP contribution in [0.25, 0.3) is 10.1 Å². The highest BCUT2D eigenvalue weighted by Crippen LogP contribution is 2.40. The van der Waals surface area contributed by atoms with Crippen molar-refractivity contribution in [2.45, 2.75) is 52.5 Å². The third kappa shape index (κ3) is 3.93. The van der Waals surface area contributed by atoms with Gasteiger partial charge in [-0.2, -0.15) is 0 Å². The Kier molecular flexibility index (Phi) is 5.66. The molecule has 1 aromatic carbocycles. The van der Waals surface area contributed by atoms with Crippen LogP contribution in [0, 0.1) is 5.92 Å². The second-order valence-corrected chi connectivity index (χ2v) is 8.94. The van der Waals surface area contributed by atoms with Crippen molar-refractivity contribution in [1.29, 1.82) is 0 Å².